The normalized spacial score (nSPS) is 11.8. The van der Waals surface area contributed by atoms with E-state index in [1.165, 1.54) is 82.4 Å². The molecule has 0 aliphatic heterocycles. The Morgan fingerprint density at radius 2 is 1.36 bits per heavy atom. The van der Waals surface area contributed by atoms with E-state index < -0.39 is 0 Å². The zero-order valence-electron chi connectivity index (χ0n) is 20.4. The van der Waals surface area contributed by atoms with Crippen LogP contribution in [0, 0.1) is 13.8 Å². The molecule has 0 spiro atoms. The van der Waals surface area contributed by atoms with Gasteiger partial charge in [-0.1, -0.05) is 64.8 Å². The summed E-state index contributed by atoms with van der Waals surface area (Å²) >= 11 is 1.46. The van der Waals surface area contributed by atoms with E-state index in [0.29, 0.717) is 0 Å². The van der Waals surface area contributed by atoms with Gasteiger partial charge in [-0.25, -0.2) is 0 Å². The average molecular weight is 586 g/mol. The first-order valence-corrected chi connectivity index (χ1v) is 13.0. The summed E-state index contributed by atoms with van der Waals surface area (Å²) in [5.74, 6) is 0. The van der Waals surface area contributed by atoms with Gasteiger partial charge in [-0.2, -0.15) is 0 Å². The van der Waals surface area contributed by atoms with Crippen molar-refractivity contribution in [2.45, 2.75) is 20.3 Å². The van der Waals surface area contributed by atoms with E-state index in [2.05, 4.69) is 129 Å². The van der Waals surface area contributed by atoms with Crippen molar-refractivity contribution >= 4 is 30.3 Å². The van der Waals surface area contributed by atoms with Crippen molar-refractivity contribution in [3.8, 4) is 0 Å². The van der Waals surface area contributed by atoms with Crippen LogP contribution >= 0.6 is 0 Å². The summed E-state index contributed by atoms with van der Waals surface area (Å²) in [6.45, 7) is 4.47. The Balaban J connectivity index is 0.000000201. The maximum atomic E-state index is 2.36. The van der Waals surface area contributed by atoms with E-state index in [1.54, 1.807) is 0 Å². The molecule has 0 fully saturated rings. The van der Waals surface area contributed by atoms with Gasteiger partial charge in [0.2, 0.25) is 0 Å². The quantitative estimate of drug-likeness (QED) is 0.286. The molecule has 3 heteroatoms. The molecule has 0 saturated heterocycles. The first-order chi connectivity index (χ1) is 16.6. The second kappa shape index (κ2) is 12.7. The van der Waals surface area contributed by atoms with E-state index in [9.17, 15) is 0 Å². The molecule has 0 saturated carbocycles. The molecule has 0 unspecified atom stereocenters. The van der Waals surface area contributed by atoms with Crippen LogP contribution in [0.2, 0.25) is 0 Å². The first kappa shape index (κ1) is 28.1. The summed E-state index contributed by atoms with van der Waals surface area (Å²) < 4.78 is 1.42. The van der Waals surface area contributed by atoms with E-state index in [4.69, 9.17) is 0 Å². The molecule has 6 rings (SSSR count). The van der Waals surface area contributed by atoms with Crippen LogP contribution in [0.15, 0.2) is 115 Å². The Hall–Kier alpha value is -2.44. The maximum absolute atomic E-state index is 2.36. The molecule has 5 aromatic carbocycles. The van der Waals surface area contributed by atoms with Crippen LogP contribution in [0.3, 0.4) is 0 Å². The number of rotatable bonds is 3. The molecule has 5 aromatic rings. The number of benzene rings is 4. The zero-order valence-corrected chi connectivity index (χ0v) is 24.4. The van der Waals surface area contributed by atoms with Gasteiger partial charge in [-0.05, 0) is 20.3 Å². The van der Waals surface area contributed by atoms with Crippen molar-refractivity contribution in [2.24, 2.45) is 0 Å². The SMILES string of the molecule is Cc1cc(C2=CC=CC2)c2[cH-]c3ccccc3c2c1C.[Cl-].[Cl-].[Zr+2]=[C](c1ccccc1)c1ccccc1. The molecular weight excluding hydrogens is 558 g/mol. The summed E-state index contributed by atoms with van der Waals surface area (Å²) in [5.41, 5.74) is 8.31. The van der Waals surface area contributed by atoms with Gasteiger partial charge in [0.05, 0.1) is 0 Å². The Kier molecular flexibility index (Phi) is 9.92. The van der Waals surface area contributed by atoms with Crippen molar-refractivity contribution in [2.75, 3.05) is 0 Å². The molecule has 178 valence electrons. The number of halogens is 2. The van der Waals surface area contributed by atoms with E-state index >= 15 is 0 Å². The predicted molar refractivity (Wildman–Crippen MR) is 144 cm³/mol. The molecule has 0 bridgehead atoms. The van der Waals surface area contributed by atoms with Crippen LogP contribution in [0.1, 0.15) is 34.2 Å². The van der Waals surface area contributed by atoms with Crippen molar-refractivity contribution in [1.29, 1.82) is 0 Å². The third-order valence-corrected chi connectivity index (χ3v) is 8.08. The van der Waals surface area contributed by atoms with E-state index in [0.717, 1.165) is 6.42 Å². The number of fused-ring (bicyclic) bond motifs is 3. The molecule has 1 aliphatic rings. The Morgan fingerprint density at radius 3 is 1.94 bits per heavy atom. The van der Waals surface area contributed by atoms with Gasteiger partial charge in [-0.3, -0.25) is 0 Å². The fraction of sp³-hybridized carbons (Fsp3) is 0.0909. The van der Waals surface area contributed by atoms with Gasteiger partial charge < -0.3 is 24.8 Å². The van der Waals surface area contributed by atoms with Gasteiger partial charge in [0.15, 0.2) is 0 Å². The van der Waals surface area contributed by atoms with Crippen LogP contribution in [0.5, 0.6) is 0 Å². The summed E-state index contributed by atoms with van der Waals surface area (Å²) in [6, 6.07) is 34.5. The summed E-state index contributed by atoms with van der Waals surface area (Å²) in [4.78, 5) is 0. The predicted octanol–water partition coefficient (Wildman–Crippen LogP) is 2.48. The van der Waals surface area contributed by atoms with Crippen molar-refractivity contribution in [1.82, 2.24) is 0 Å². The molecule has 0 nitrogen and oxygen atoms in total. The van der Waals surface area contributed by atoms with Crippen molar-refractivity contribution in [3.63, 3.8) is 0 Å². The third kappa shape index (κ3) is 5.76. The molecule has 0 heterocycles. The molecule has 0 atom stereocenters. The first-order valence-electron chi connectivity index (χ1n) is 11.8. The number of hydrogen-bond donors (Lipinski definition) is 0. The van der Waals surface area contributed by atoms with Gasteiger partial charge >= 0.3 is 99.2 Å². The van der Waals surface area contributed by atoms with Gasteiger partial charge in [0, 0.05) is 0 Å². The number of allylic oxidation sites excluding steroid dienone is 4. The molecule has 0 amide bonds. The second-order valence-electron chi connectivity index (χ2n) is 8.82. The molecule has 0 aromatic heterocycles. The number of aryl methyl sites for hydroxylation is 2. The van der Waals surface area contributed by atoms with Gasteiger partial charge in [-0.15, -0.1) is 33.7 Å². The standard InChI is InChI=1S/C20H17.C13H10.2ClH.Zr/c1-13-11-18(15-7-3-4-8-15)19-12-16-9-5-6-10-17(16)20(19)14(13)2;1-3-7-12(8-4-1)11-13-9-5-2-6-10-13;;;/h3-7,9-12H,8H2,1-2H3;1-10H;2*1H;/q-1;;;;+2/p-2. The number of hydrogen-bond acceptors (Lipinski definition) is 0. The molecule has 0 N–H and O–H groups in total. The monoisotopic (exact) mass is 583 g/mol. The van der Waals surface area contributed by atoms with Crippen molar-refractivity contribution < 1.29 is 49.0 Å². The van der Waals surface area contributed by atoms with Crippen LogP contribution < -0.4 is 24.8 Å². The third-order valence-electron chi connectivity index (χ3n) is 6.66. The van der Waals surface area contributed by atoms with Crippen LogP contribution in [-0.2, 0) is 24.2 Å². The van der Waals surface area contributed by atoms with Crippen LogP contribution in [-0.4, -0.2) is 3.21 Å². The van der Waals surface area contributed by atoms with Gasteiger partial charge in [0.25, 0.3) is 0 Å². The minimum absolute atomic E-state index is 0. The summed E-state index contributed by atoms with van der Waals surface area (Å²) in [6.07, 6.45) is 7.71. The second-order valence-corrected chi connectivity index (χ2v) is 10.0. The topological polar surface area (TPSA) is 0 Å². The zero-order chi connectivity index (χ0) is 23.5. The molecule has 36 heavy (non-hydrogen) atoms. The molecular formula is C33H27Cl2Zr-. The van der Waals surface area contributed by atoms with E-state index in [1.807, 2.05) is 0 Å². The Bertz CT molecular complexity index is 1500. The summed E-state index contributed by atoms with van der Waals surface area (Å²) in [5, 5.41) is 5.58. The fourth-order valence-corrected chi connectivity index (χ4v) is 5.55. The van der Waals surface area contributed by atoms with E-state index in [-0.39, 0.29) is 24.8 Å². The molecule has 0 radical (unpaired) electrons. The van der Waals surface area contributed by atoms with Crippen molar-refractivity contribution in [3.05, 3.63) is 143 Å². The van der Waals surface area contributed by atoms with Gasteiger partial charge in [0.1, 0.15) is 0 Å². The summed E-state index contributed by atoms with van der Waals surface area (Å²) in [7, 11) is 0. The molecule has 1 aliphatic carbocycles. The van der Waals surface area contributed by atoms with Crippen LogP contribution in [0.25, 0.3) is 27.1 Å². The minimum atomic E-state index is 0. The Morgan fingerprint density at radius 1 is 0.778 bits per heavy atom. The van der Waals surface area contributed by atoms with Crippen LogP contribution in [0.4, 0.5) is 0 Å². The Labute approximate surface area is 241 Å². The fourth-order valence-electron chi connectivity index (χ4n) is 4.73. The average Bonchev–Trinajstić information content (AvgIpc) is 3.56.